The molecule has 0 aliphatic carbocycles. The van der Waals surface area contributed by atoms with E-state index in [2.05, 4.69) is 20.6 Å². The Morgan fingerprint density at radius 2 is 1.92 bits per heavy atom. The van der Waals surface area contributed by atoms with Crippen LogP contribution in [0.15, 0.2) is 51.9 Å². The number of nitrogens with zero attached hydrogens (tertiary/aromatic N) is 1. The molecule has 2 heterocycles. The summed E-state index contributed by atoms with van der Waals surface area (Å²) in [5.74, 6) is 0.461. The smallest absolute Gasteiger partial charge is 0.258 e. The summed E-state index contributed by atoms with van der Waals surface area (Å²) in [6.07, 6.45) is 1.92. The molecule has 0 unspecified atom stereocenters. The third-order valence-electron chi connectivity index (χ3n) is 3.74. The van der Waals surface area contributed by atoms with Crippen LogP contribution in [0.5, 0.6) is 0 Å². The van der Waals surface area contributed by atoms with Crippen molar-refractivity contribution < 1.29 is 14.0 Å². The van der Waals surface area contributed by atoms with Crippen LogP contribution < -0.4 is 16.2 Å². The zero-order valence-corrected chi connectivity index (χ0v) is 14.0. The normalized spacial score (nSPS) is 10.6. The molecule has 0 aliphatic rings. The van der Waals surface area contributed by atoms with Crippen molar-refractivity contribution in [3.8, 4) is 0 Å². The van der Waals surface area contributed by atoms with Crippen LogP contribution in [-0.2, 0) is 22.6 Å². The summed E-state index contributed by atoms with van der Waals surface area (Å²) in [5, 5.41) is 5.68. The summed E-state index contributed by atoms with van der Waals surface area (Å²) in [6, 6.07) is 10.5. The van der Waals surface area contributed by atoms with Gasteiger partial charge in [0.25, 0.3) is 5.56 Å². The number of rotatable bonds is 7. The first-order chi connectivity index (χ1) is 12.6. The van der Waals surface area contributed by atoms with Crippen molar-refractivity contribution in [2.45, 2.75) is 19.4 Å². The van der Waals surface area contributed by atoms with Gasteiger partial charge in [0.1, 0.15) is 11.6 Å². The van der Waals surface area contributed by atoms with Gasteiger partial charge >= 0.3 is 0 Å². The van der Waals surface area contributed by atoms with Crippen molar-refractivity contribution in [1.82, 2.24) is 20.6 Å². The van der Waals surface area contributed by atoms with Gasteiger partial charge in [-0.3, -0.25) is 14.4 Å². The molecule has 0 atom stereocenters. The first-order valence-electron chi connectivity index (χ1n) is 8.15. The zero-order valence-electron chi connectivity index (χ0n) is 14.0. The molecular weight excluding hydrogens is 336 g/mol. The Morgan fingerprint density at radius 1 is 1.08 bits per heavy atom. The second kappa shape index (κ2) is 8.11. The molecule has 2 amide bonds. The summed E-state index contributed by atoms with van der Waals surface area (Å²) < 4.78 is 5.10. The highest BCUT2D eigenvalue weighted by molar-refractivity contribution is 5.84. The summed E-state index contributed by atoms with van der Waals surface area (Å²) in [6.45, 7) is 0.144. The Hall–Kier alpha value is -3.42. The lowest BCUT2D eigenvalue weighted by Gasteiger charge is -2.06. The van der Waals surface area contributed by atoms with Crippen molar-refractivity contribution in [2.24, 2.45) is 0 Å². The minimum absolute atomic E-state index is 0.118. The minimum atomic E-state index is -0.313. The van der Waals surface area contributed by atoms with Crippen LogP contribution in [0, 0.1) is 0 Å². The molecule has 0 spiro atoms. The molecule has 3 aromatic rings. The van der Waals surface area contributed by atoms with Crippen LogP contribution in [0.2, 0.25) is 0 Å². The molecule has 0 bridgehead atoms. The SMILES string of the molecule is O=C(CCc1nc2ccccc2c(=O)[nH]1)NCC(=O)NCc1ccco1. The lowest BCUT2D eigenvalue weighted by molar-refractivity contribution is -0.126. The highest BCUT2D eigenvalue weighted by atomic mass is 16.3. The van der Waals surface area contributed by atoms with E-state index >= 15 is 0 Å². The standard InChI is InChI=1S/C18H18N4O4/c23-16(20-11-17(24)19-10-12-4-3-9-26-12)8-7-15-21-14-6-2-1-5-13(14)18(25)22-15/h1-6,9H,7-8,10-11H2,(H,19,24)(H,20,23)(H,21,22,25). The number of aromatic nitrogens is 2. The van der Waals surface area contributed by atoms with E-state index in [9.17, 15) is 14.4 Å². The third-order valence-corrected chi connectivity index (χ3v) is 3.74. The van der Waals surface area contributed by atoms with Crippen LogP contribution in [0.4, 0.5) is 0 Å². The molecule has 134 valence electrons. The first-order valence-corrected chi connectivity index (χ1v) is 8.15. The molecule has 8 nitrogen and oxygen atoms in total. The van der Waals surface area contributed by atoms with Gasteiger partial charge in [-0.1, -0.05) is 12.1 Å². The number of nitrogens with one attached hydrogen (secondary N) is 3. The molecule has 0 aliphatic heterocycles. The van der Waals surface area contributed by atoms with Crippen molar-refractivity contribution in [1.29, 1.82) is 0 Å². The number of fused-ring (bicyclic) bond motifs is 1. The molecule has 3 N–H and O–H groups in total. The predicted octanol–water partition coefficient (Wildman–Crippen LogP) is 0.881. The number of carbonyl (C=O) groups is 2. The van der Waals surface area contributed by atoms with Crippen LogP contribution in [0.3, 0.4) is 0 Å². The van der Waals surface area contributed by atoms with Crippen molar-refractivity contribution in [3.05, 3.63) is 64.6 Å². The van der Waals surface area contributed by atoms with E-state index in [-0.39, 0.29) is 43.3 Å². The van der Waals surface area contributed by atoms with Crippen LogP contribution in [0.1, 0.15) is 18.0 Å². The summed E-state index contributed by atoms with van der Waals surface area (Å²) in [7, 11) is 0. The summed E-state index contributed by atoms with van der Waals surface area (Å²) in [4.78, 5) is 42.5. The molecule has 3 rings (SSSR count). The van der Waals surface area contributed by atoms with Gasteiger partial charge in [-0.2, -0.15) is 0 Å². The molecule has 0 fully saturated rings. The van der Waals surface area contributed by atoms with Crippen LogP contribution in [-0.4, -0.2) is 28.3 Å². The topological polar surface area (TPSA) is 117 Å². The number of benzene rings is 1. The number of para-hydroxylation sites is 1. The number of amides is 2. The number of aromatic amines is 1. The highest BCUT2D eigenvalue weighted by Crippen LogP contribution is 2.06. The Labute approximate surface area is 148 Å². The maximum absolute atomic E-state index is 12.0. The quantitative estimate of drug-likeness (QED) is 0.582. The second-order valence-corrected chi connectivity index (χ2v) is 5.66. The van der Waals surface area contributed by atoms with E-state index in [1.807, 2.05) is 0 Å². The van der Waals surface area contributed by atoms with E-state index in [1.54, 1.807) is 36.4 Å². The van der Waals surface area contributed by atoms with Crippen molar-refractivity contribution in [3.63, 3.8) is 0 Å². The Morgan fingerprint density at radius 3 is 2.73 bits per heavy atom. The fraction of sp³-hybridized carbons (Fsp3) is 0.222. The van der Waals surface area contributed by atoms with Gasteiger partial charge in [0.05, 0.1) is 30.3 Å². The number of aryl methyl sites for hydroxylation is 1. The van der Waals surface area contributed by atoms with Gasteiger partial charge < -0.3 is 20.0 Å². The second-order valence-electron chi connectivity index (χ2n) is 5.66. The minimum Gasteiger partial charge on any atom is -0.467 e. The average Bonchev–Trinajstić information content (AvgIpc) is 3.16. The molecule has 0 saturated heterocycles. The number of H-pyrrole nitrogens is 1. The lowest BCUT2D eigenvalue weighted by atomic mass is 10.2. The van der Waals surface area contributed by atoms with E-state index in [0.29, 0.717) is 22.5 Å². The molecule has 0 radical (unpaired) electrons. The highest BCUT2D eigenvalue weighted by Gasteiger charge is 2.09. The fourth-order valence-electron chi connectivity index (χ4n) is 2.41. The number of hydrogen-bond donors (Lipinski definition) is 3. The van der Waals surface area contributed by atoms with Gasteiger partial charge in [-0.25, -0.2) is 4.98 Å². The number of furan rings is 1. The Balaban J connectivity index is 1.45. The Bertz CT molecular complexity index is 963. The van der Waals surface area contributed by atoms with Crippen LogP contribution in [0.25, 0.3) is 10.9 Å². The molecular formula is C18H18N4O4. The van der Waals surface area contributed by atoms with Crippen molar-refractivity contribution in [2.75, 3.05) is 6.54 Å². The lowest BCUT2D eigenvalue weighted by Crippen LogP contribution is -2.36. The Kier molecular flexibility index (Phi) is 5.43. The average molecular weight is 354 g/mol. The van der Waals surface area contributed by atoms with E-state index in [0.717, 1.165) is 0 Å². The monoisotopic (exact) mass is 354 g/mol. The van der Waals surface area contributed by atoms with Gasteiger partial charge in [0.2, 0.25) is 11.8 Å². The van der Waals surface area contributed by atoms with E-state index in [4.69, 9.17) is 4.42 Å². The van der Waals surface area contributed by atoms with Crippen LogP contribution >= 0.6 is 0 Å². The van der Waals surface area contributed by atoms with Gasteiger partial charge in [0.15, 0.2) is 0 Å². The summed E-state index contributed by atoms with van der Waals surface area (Å²) >= 11 is 0. The largest absolute Gasteiger partial charge is 0.467 e. The fourth-order valence-corrected chi connectivity index (χ4v) is 2.41. The molecule has 0 saturated carbocycles. The first kappa shape index (κ1) is 17.4. The van der Waals surface area contributed by atoms with E-state index < -0.39 is 0 Å². The number of hydrogen-bond acceptors (Lipinski definition) is 5. The maximum atomic E-state index is 12.0. The molecule has 1 aromatic carbocycles. The summed E-state index contributed by atoms with van der Waals surface area (Å²) in [5.41, 5.74) is 0.354. The van der Waals surface area contributed by atoms with E-state index in [1.165, 1.54) is 6.26 Å². The predicted molar refractivity (Wildman–Crippen MR) is 94.2 cm³/mol. The number of carbonyl (C=O) groups excluding carboxylic acids is 2. The zero-order chi connectivity index (χ0) is 18.4. The third kappa shape index (κ3) is 4.56. The molecule has 2 aromatic heterocycles. The molecule has 8 heteroatoms. The van der Waals surface area contributed by atoms with Gasteiger partial charge in [0, 0.05) is 12.8 Å². The van der Waals surface area contributed by atoms with Crippen molar-refractivity contribution >= 4 is 22.7 Å². The maximum Gasteiger partial charge on any atom is 0.258 e. The van der Waals surface area contributed by atoms with Gasteiger partial charge in [-0.15, -0.1) is 0 Å². The van der Waals surface area contributed by atoms with Gasteiger partial charge in [-0.05, 0) is 24.3 Å². The molecule has 26 heavy (non-hydrogen) atoms.